The summed E-state index contributed by atoms with van der Waals surface area (Å²) >= 11 is 0. The predicted molar refractivity (Wildman–Crippen MR) is 175 cm³/mol. The third kappa shape index (κ3) is 9.65. The van der Waals surface area contributed by atoms with Gasteiger partial charge in [-0.15, -0.1) is 0 Å². The van der Waals surface area contributed by atoms with Crippen molar-refractivity contribution in [2.75, 3.05) is 7.11 Å². The second-order valence-electron chi connectivity index (χ2n) is 13.7. The number of rotatable bonds is 13. The number of fused-ring (bicyclic) bond motifs is 1. The molecule has 3 amide bonds. The average Bonchev–Trinajstić information content (AvgIpc) is 3.34. The molecule has 1 aromatic heterocycles. The Morgan fingerprint density at radius 3 is 2.40 bits per heavy atom. The molecule has 0 aliphatic carbocycles. The number of ether oxygens (including phenoxy) is 1. The highest BCUT2D eigenvalue weighted by molar-refractivity contribution is 5.94. The number of carbonyl (C=O) groups excluding carboxylic acids is 5. The third-order valence-electron chi connectivity index (χ3n) is 8.65. The minimum absolute atomic E-state index is 0.0166. The van der Waals surface area contributed by atoms with E-state index in [9.17, 15) is 24.0 Å². The molecule has 45 heavy (non-hydrogen) atoms. The molecule has 2 N–H and O–H groups in total. The summed E-state index contributed by atoms with van der Waals surface area (Å²) in [5, 5.41) is 6.28. The highest BCUT2D eigenvalue weighted by Gasteiger charge is 2.35. The molecule has 3 rings (SSSR count). The number of unbranched alkanes of at least 4 members (excludes halogenated alkanes) is 1. The van der Waals surface area contributed by atoms with Crippen LogP contribution in [0.2, 0.25) is 0 Å². The first kappa shape index (κ1) is 34.2. The summed E-state index contributed by atoms with van der Waals surface area (Å²) in [6, 6.07) is 3.33. The molecule has 1 aliphatic rings. The van der Waals surface area contributed by atoms with Crippen LogP contribution < -0.4 is 10.6 Å². The van der Waals surface area contributed by atoms with E-state index in [1.807, 2.05) is 46.4 Å². The number of nitrogens with zero attached hydrogens (tertiary/aromatic N) is 2. The van der Waals surface area contributed by atoms with Gasteiger partial charge in [0.05, 0.1) is 20.0 Å². The maximum atomic E-state index is 14.1. The van der Waals surface area contributed by atoms with Crippen LogP contribution in [0.4, 0.5) is 4.79 Å². The lowest BCUT2D eigenvalue weighted by Gasteiger charge is -2.40. The van der Waals surface area contributed by atoms with Crippen molar-refractivity contribution >= 4 is 41.0 Å². The van der Waals surface area contributed by atoms with Crippen LogP contribution in [0, 0.1) is 11.3 Å². The van der Waals surface area contributed by atoms with Gasteiger partial charge in [0.15, 0.2) is 0 Å². The van der Waals surface area contributed by atoms with E-state index in [0.29, 0.717) is 35.6 Å². The first-order chi connectivity index (χ1) is 21.7. The van der Waals surface area contributed by atoms with Crippen molar-refractivity contribution in [1.29, 1.82) is 0 Å². The van der Waals surface area contributed by atoms with Crippen molar-refractivity contribution in [2.45, 2.75) is 123 Å². The molecule has 248 valence electrons. The van der Waals surface area contributed by atoms with Crippen molar-refractivity contribution in [1.82, 2.24) is 20.1 Å². The predicted octanol–water partition coefficient (Wildman–Crippen LogP) is 5.39. The van der Waals surface area contributed by atoms with Crippen LogP contribution in [0.5, 0.6) is 0 Å². The van der Waals surface area contributed by atoms with E-state index in [2.05, 4.69) is 10.6 Å². The largest absolute Gasteiger partial charge is 0.452 e. The molecule has 10 nitrogen and oxygen atoms in total. The number of nitrogens with one attached hydrogen (secondary N) is 2. The lowest BCUT2D eigenvalue weighted by atomic mass is 9.82. The van der Waals surface area contributed by atoms with Gasteiger partial charge in [0.2, 0.25) is 17.7 Å². The maximum absolute atomic E-state index is 14.1. The fraction of sp³-hybridized carbons (Fsp3) is 0.629. The highest BCUT2D eigenvalue weighted by Crippen LogP contribution is 2.30. The number of carbonyl (C=O) groups is 5. The van der Waals surface area contributed by atoms with Gasteiger partial charge in [-0.3, -0.25) is 19.0 Å². The summed E-state index contributed by atoms with van der Waals surface area (Å²) in [5.74, 6) is -1.73. The first-order valence-electron chi connectivity index (χ1n) is 16.7. The van der Waals surface area contributed by atoms with Crippen LogP contribution in [-0.4, -0.2) is 70.8 Å². The normalized spacial score (nSPS) is 19.3. The molecule has 5 atom stereocenters. The summed E-state index contributed by atoms with van der Waals surface area (Å²) in [7, 11) is 1.26. The van der Waals surface area contributed by atoms with E-state index in [-0.39, 0.29) is 42.3 Å². The molecule has 1 fully saturated rings. The highest BCUT2D eigenvalue weighted by atomic mass is 16.5. The standard InChI is InChI=1S/C35H52N4O6/c1-8-9-15-27(22-40)36-33(43)29(18-26-21-38(34(44)45-7)30-17-11-10-16-28(26)30)37-32(42)25(20-35(4,5)6)19-31(41)39-23(2)13-12-14-24(39)3/h10-11,16-17,21-25,27,29H,8-9,12-15,18-20H2,1-7H3,(H,36,43)(H,37,42)/t23-,24+,25-,27+,29?/m0/s1/i10D. The van der Waals surface area contributed by atoms with Gasteiger partial charge in [-0.05, 0) is 63.0 Å². The molecule has 1 unspecified atom stereocenters. The van der Waals surface area contributed by atoms with Crippen molar-refractivity contribution in [3.63, 3.8) is 0 Å². The fourth-order valence-corrected chi connectivity index (χ4v) is 6.42. The Hall–Kier alpha value is -3.69. The van der Waals surface area contributed by atoms with Gasteiger partial charge in [-0.25, -0.2) is 4.79 Å². The molecule has 2 heterocycles. The minimum Gasteiger partial charge on any atom is -0.452 e. The van der Waals surface area contributed by atoms with Crippen LogP contribution in [0.1, 0.15) is 99.8 Å². The molecule has 0 spiro atoms. The number of benzene rings is 1. The summed E-state index contributed by atoms with van der Waals surface area (Å²) in [4.78, 5) is 67.8. The van der Waals surface area contributed by atoms with Crippen molar-refractivity contribution in [2.24, 2.45) is 11.3 Å². The molecular weight excluding hydrogens is 572 g/mol. The Morgan fingerprint density at radius 2 is 1.80 bits per heavy atom. The molecule has 1 aromatic carbocycles. The third-order valence-corrected chi connectivity index (χ3v) is 8.65. The van der Waals surface area contributed by atoms with Crippen LogP contribution >= 0.6 is 0 Å². The monoisotopic (exact) mass is 625 g/mol. The number of amides is 3. The summed E-state index contributed by atoms with van der Waals surface area (Å²) < 4.78 is 14.4. The molecule has 0 radical (unpaired) electrons. The van der Waals surface area contributed by atoms with E-state index in [1.165, 1.54) is 11.7 Å². The number of para-hydroxylation sites is 1. The number of aldehydes is 1. The van der Waals surface area contributed by atoms with Gasteiger partial charge in [-0.1, -0.05) is 58.7 Å². The Bertz CT molecular complexity index is 1390. The maximum Gasteiger partial charge on any atom is 0.418 e. The Labute approximate surface area is 269 Å². The topological polar surface area (TPSA) is 127 Å². The molecule has 10 heteroatoms. The lowest BCUT2D eigenvalue weighted by molar-refractivity contribution is -0.142. The number of hydrogen-bond acceptors (Lipinski definition) is 6. The number of aromatic nitrogens is 1. The Kier molecular flexibility index (Phi) is 12.2. The van der Waals surface area contributed by atoms with E-state index in [1.54, 1.807) is 24.4 Å². The van der Waals surface area contributed by atoms with Crippen LogP contribution in [0.15, 0.2) is 30.4 Å². The van der Waals surface area contributed by atoms with Crippen LogP contribution in [0.25, 0.3) is 10.9 Å². The van der Waals surface area contributed by atoms with Gasteiger partial charge >= 0.3 is 6.09 Å². The van der Waals surface area contributed by atoms with Crippen molar-refractivity contribution in [3.8, 4) is 0 Å². The minimum atomic E-state index is -1.12. The molecular formula is C35H52N4O6. The van der Waals surface area contributed by atoms with Crippen molar-refractivity contribution in [3.05, 3.63) is 36.0 Å². The zero-order chi connectivity index (χ0) is 34.2. The van der Waals surface area contributed by atoms with E-state index < -0.39 is 35.9 Å². The second-order valence-corrected chi connectivity index (χ2v) is 13.7. The van der Waals surface area contributed by atoms with Crippen molar-refractivity contribution < 1.29 is 30.1 Å². The molecule has 0 saturated carbocycles. The van der Waals surface area contributed by atoms with Gasteiger partial charge in [0.25, 0.3) is 0 Å². The quantitative estimate of drug-likeness (QED) is 0.288. The fourth-order valence-electron chi connectivity index (χ4n) is 6.42. The molecule has 0 bridgehead atoms. The number of piperidine rings is 1. The smallest absolute Gasteiger partial charge is 0.418 e. The zero-order valence-electron chi connectivity index (χ0n) is 29.0. The Balaban J connectivity index is 1.98. The SMILES string of the molecule is [2H]c1ccc2c(c1)c(CC(NC(=O)[C@@H](CC(=O)N1[C@H](C)CCC[C@@H]1C)CC(C)(C)C)C(=O)N[C@@H](C=O)CCCC)cn2C(=O)OC. The lowest BCUT2D eigenvalue weighted by Crippen LogP contribution is -2.53. The number of methoxy groups -OCH3 is 1. The molecule has 1 saturated heterocycles. The second kappa shape index (κ2) is 16.0. The van der Waals surface area contributed by atoms with Gasteiger partial charge in [0.1, 0.15) is 12.3 Å². The van der Waals surface area contributed by atoms with Crippen LogP contribution in [-0.2, 0) is 30.3 Å². The first-order valence-corrected chi connectivity index (χ1v) is 16.2. The van der Waals surface area contributed by atoms with E-state index in [0.717, 1.165) is 32.1 Å². The van der Waals surface area contributed by atoms with Gasteiger partial charge in [0, 0.05) is 42.4 Å². The zero-order valence-corrected chi connectivity index (χ0v) is 28.0. The summed E-state index contributed by atoms with van der Waals surface area (Å²) in [5.41, 5.74) is 0.768. The molecule has 2 aromatic rings. The number of hydrogen-bond donors (Lipinski definition) is 2. The summed E-state index contributed by atoms with van der Waals surface area (Å²) in [6.45, 7) is 12.1. The average molecular weight is 626 g/mol. The Morgan fingerprint density at radius 1 is 1.11 bits per heavy atom. The van der Waals surface area contributed by atoms with Crippen LogP contribution in [0.3, 0.4) is 0 Å². The van der Waals surface area contributed by atoms with E-state index >= 15 is 0 Å². The molecule has 1 aliphatic heterocycles. The number of likely N-dealkylation sites (tertiary alicyclic amines) is 1. The van der Waals surface area contributed by atoms with Gasteiger partial charge in [-0.2, -0.15) is 0 Å². The van der Waals surface area contributed by atoms with E-state index in [4.69, 9.17) is 6.11 Å². The van der Waals surface area contributed by atoms with Gasteiger partial charge < -0.3 is 25.1 Å². The summed E-state index contributed by atoms with van der Waals surface area (Å²) in [6.07, 6.45) is 6.98.